The van der Waals surface area contributed by atoms with Crippen molar-refractivity contribution < 1.29 is 14.0 Å². The number of nitrogens with one attached hydrogen (secondary N) is 2. The molecule has 5 heteroatoms. The first kappa shape index (κ1) is 16.8. The molecule has 0 saturated carbocycles. The molecule has 1 aromatic carbocycles. The summed E-state index contributed by atoms with van der Waals surface area (Å²) < 4.78 is 5.42. The van der Waals surface area contributed by atoms with E-state index in [1.807, 2.05) is 32.9 Å². The molecule has 0 aliphatic carbocycles. The van der Waals surface area contributed by atoms with Crippen LogP contribution in [0, 0.1) is 0 Å². The average molecular weight is 314 g/mol. The van der Waals surface area contributed by atoms with Gasteiger partial charge in [0.15, 0.2) is 5.76 Å². The Morgan fingerprint density at radius 2 is 1.78 bits per heavy atom. The minimum absolute atomic E-state index is 0.0144. The van der Waals surface area contributed by atoms with Crippen molar-refractivity contribution in [3.8, 4) is 0 Å². The molecule has 1 aromatic heterocycles. The zero-order valence-electron chi connectivity index (χ0n) is 13.7. The van der Waals surface area contributed by atoms with Crippen molar-refractivity contribution in [2.24, 2.45) is 0 Å². The largest absolute Gasteiger partial charge is 0.456 e. The van der Waals surface area contributed by atoms with E-state index in [4.69, 9.17) is 4.42 Å². The van der Waals surface area contributed by atoms with Crippen molar-refractivity contribution in [3.63, 3.8) is 0 Å². The van der Waals surface area contributed by atoms with Gasteiger partial charge in [-0.05, 0) is 43.7 Å². The van der Waals surface area contributed by atoms with Crippen molar-refractivity contribution in [1.82, 2.24) is 5.32 Å². The molecule has 0 spiro atoms. The van der Waals surface area contributed by atoms with E-state index in [-0.39, 0.29) is 17.9 Å². The number of anilines is 1. The van der Waals surface area contributed by atoms with E-state index < -0.39 is 0 Å². The lowest BCUT2D eigenvalue weighted by atomic mass is 10.1. The molecule has 23 heavy (non-hydrogen) atoms. The number of hydrogen-bond acceptors (Lipinski definition) is 3. The molecule has 0 saturated heterocycles. The Labute approximate surface area is 136 Å². The number of carbonyl (C=O) groups excluding carboxylic acids is 2. The predicted octanol–water partition coefficient (Wildman–Crippen LogP) is 3.16. The molecule has 0 bridgehead atoms. The van der Waals surface area contributed by atoms with Crippen molar-refractivity contribution >= 4 is 17.5 Å². The Hall–Kier alpha value is -2.56. The smallest absolute Gasteiger partial charge is 0.291 e. The molecule has 0 fully saturated rings. The molecule has 0 radical (unpaired) electrons. The highest BCUT2D eigenvalue weighted by Crippen LogP contribution is 2.14. The summed E-state index contributed by atoms with van der Waals surface area (Å²) in [5, 5.41) is 5.62. The zero-order valence-corrected chi connectivity index (χ0v) is 13.7. The van der Waals surface area contributed by atoms with E-state index >= 15 is 0 Å². The minimum atomic E-state index is -0.282. The molecule has 0 aliphatic heterocycles. The van der Waals surface area contributed by atoms with E-state index in [2.05, 4.69) is 10.6 Å². The number of furan rings is 1. The Kier molecular flexibility index (Phi) is 5.57. The third-order valence-corrected chi connectivity index (χ3v) is 3.26. The van der Waals surface area contributed by atoms with Crippen LogP contribution in [-0.4, -0.2) is 17.9 Å². The van der Waals surface area contributed by atoms with Crippen LogP contribution in [0.2, 0.25) is 0 Å². The fraction of sp³-hybridized carbons (Fsp3) is 0.333. The van der Waals surface area contributed by atoms with Gasteiger partial charge in [-0.1, -0.05) is 19.1 Å². The summed E-state index contributed by atoms with van der Waals surface area (Å²) in [5.74, 6) is 0.776. The van der Waals surface area contributed by atoms with Crippen molar-refractivity contribution in [1.29, 1.82) is 0 Å². The number of aryl methyl sites for hydroxylation is 1. The van der Waals surface area contributed by atoms with Crippen LogP contribution in [0.5, 0.6) is 0 Å². The van der Waals surface area contributed by atoms with Crippen molar-refractivity contribution in [2.75, 3.05) is 5.32 Å². The Balaban J connectivity index is 1.94. The predicted molar refractivity (Wildman–Crippen MR) is 89.5 cm³/mol. The summed E-state index contributed by atoms with van der Waals surface area (Å²) in [7, 11) is 0. The van der Waals surface area contributed by atoms with Crippen LogP contribution in [0.25, 0.3) is 0 Å². The number of carbonyl (C=O) groups is 2. The lowest BCUT2D eigenvalue weighted by Crippen LogP contribution is -2.31. The number of amides is 2. The molecule has 5 nitrogen and oxygen atoms in total. The third kappa shape index (κ3) is 4.98. The van der Waals surface area contributed by atoms with Crippen LogP contribution >= 0.6 is 0 Å². The summed E-state index contributed by atoms with van der Waals surface area (Å²) in [5.41, 5.74) is 1.56. The van der Waals surface area contributed by atoms with Crippen LogP contribution in [0.15, 0.2) is 40.8 Å². The second kappa shape index (κ2) is 7.63. The highest BCUT2D eigenvalue weighted by atomic mass is 16.3. The lowest BCUT2D eigenvalue weighted by Gasteiger charge is -2.09. The first-order valence-electron chi connectivity index (χ1n) is 7.76. The van der Waals surface area contributed by atoms with Gasteiger partial charge in [0.2, 0.25) is 5.91 Å². The molecule has 0 atom stereocenters. The monoisotopic (exact) mass is 314 g/mol. The van der Waals surface area contributed by atoms with Gasteiger partial charge in [-0.15, -0.1) is 0 Å². The highest BCUT2D eigenvalue weighted by molar-refractivity contribution is 6.02. The van der Waals surface area contributed by atoms with Crippen LogP contribution in [0.3, 0.4) is 0 Å². The molecule has 2 aromatic rings. The second-order valence-corrected chi connectivity index (χ2v) is 5.67. The number of hydrogen-bond donors (Lipinski definition) is 2. The van der Waals surface area contributed by atoms with Gasteiger partial charge in [0, 0.05) is 18.2 Å². The standard InChI is InChI=1S/C18H22N2O3/c1-4-15-9-10-16(23-15)18(22)20-14-7-5-13(6-8-14)11-17(21)19-12(2)3/h5-10,12H,4,11H2,1-3H3,(H,19,21)(H,20,22). The second-order valence-electron chi connectivity index (χ2n) is 5.67. The molecule has 2 amide bonds. The highest BCUT2D eigenvalue weighted by Gasteiger charge is 2.11. The third-order valence-electron chi connectivity index (χ3n) is 3.26. The normalized spacial score (nSPS) is 10.6. The summed E-state index contributed by atoms with van der Waals surface area (Å²) in [4.78, 5) is 23.8. The minimum Gasteiger partial charge on any atom is -0.456 e. The fourth-order valence-corrected chi connectivity index (χ4v) is 2.15. The van der Waals surface area contributed by atoms with Gasteiger partial charge < -0.3 is 15.1 Å². The van der Waals surface area contributed by atoms with Gasteiger partial charge >= 0.3 is 0 Å². The molecule has 0 aliphatic rings. The molecular formula is C18H22N2O3. The van der Waals surface area contributed by atoms with E-state index in [0.717, 1.165) is 17.7 Å². The summed E-state index contributed by atoms with van der Waals surface area (Å²) in [6.07, 6.45) is 1.07. The zero-order chi connectivity index (χ0) is 16.8. The van der Waals surface area contributed by atoms with Gasteiger partial charge in [0.05, 0.1) is 6.42 Å². The Morgan fingerprint density at radius 3 is 2.35 bits per heavy atom. The summed E-state index contributed by atoms with van der Waals surface area (Å²) in [6.45, 7) is 5.82. The molecule has 122 valence electrons. The van der Waals surface area contributed by atoms with Gasteiger partial charge in [-0.25, -0.2) is 0 Å². The van der Waals surface area contributed by atoms with Crippen LogP contribution in [0.4, 0.5) is 5.69 Å². The van der Waals surface area contributed by atoms with Crippen LogP contribution in [-0.2, 0) is 17.6 Å². The van der Waals surface area contributed by atoms with Gasteiger partial charge in [0.25, 0.3) is 5.91 Å². The quantitative estimate of drug-likeness (QED) is 0.860. The average Bonchev–Trinajstić information content (AvgIpc) is 2.97. The van der Waals surface area contributed by atoms with Crippen LogP contribution in [0.1, 0.15) is 42.6 Å². The summed E-state index contributed by atoms with van der Waals surface area (Å²) in [6, 6.07) is 10.8. The van der Waals surface area contributed by atoms with Crippen molar-refractivity contribution in [2.45, 2.75) is 39.7 Å². The first-order chi connectivity index (χ1) is 11.0. The van der Waals surface area contributed by atoms with Gasteiger partial charge in [-0.3, -0.25) is 9.59 Å². The van der Waals surface area contributed by atoms with Crippen LogP contribution < -0.4 is 10.6 Å². The van der Waals surface area contributed by atoms with Gasteiger partial charge in [0.1, 0.15) is 5.76 Å². The van der Waals surface area contributed by atoms with Crippen molar-refractivity contribution in [3.05, 3.63) is 53.5 Å². The fourth-order valence-electron chi connectivity index (χ4n) is 2.15. The maximum absolute atomic E-state index is 12.1. The topological polar surface area (TPSA) is 71.3 Å². The lowest BCUT2D eigenvalue weighted by molar-refractivity contribution is -0.120. The molecule has 2 N–H and O–H groups in total. The Morgan fingerprint density at radius 1 is 1.09 bits per heavy atom. The van der Waals surface area contributed by atoms with E-state index in [1.165, 1.54) is 0 Å². The van der Waals surface area contributed by atoms with E-state index in [9.17, 15) is 9.59 Å². The number of rotatable bonds is 6. The molecular weight excluding hydrogens is 292 g/mol. The maximum atomic E-state index is 12.1. The SMILES string of the molecule is CCc1ccc(C(=O)Nc2ccc(CC(=O)NC(C)C)cc2)o1. The first-order valence-corrected chi connectivity index (χ1v) is 7.76. The molecule has 0 unspecified atom stereocenters. The Bertz CT molecular complexity index is 672. The molecule has 1 heterocycles. The number of benzene rings is 1. The van der Waals surface area contributed by atoms with E-state index in [1.54, 1.807) is 24.3 Å². The van der Waals surface area contributed by atoms with Gasteiger partial charge in [-0.2, -0.15) is 0 Å². The van der Waals surface area contributed by atoms with E-state index in [0.29, 0.717) is 17.9 Å². The molecule has 2 rings (SSSR count). The maximum Gasteiger partial charge on any atom is 0.291 e. The summed E-state index contributed by atoms with van der Waals surface area (Å²) >= 11 is 0.